The molecule has 0 aliphatic carbocycles. The first-order valence-electron chi connectivity index (χ1n) is 8.97. The number of thiophene rings is 1. The third-order valence-electron chi connectivity index (χ3n) is 4.87. The summed E-state index contributed by atoms with van der Waals surface area (Å²) in [5.74, 6) is -0.0620. The Labute approximate surface area is 165 Å². The minimum absolute atomic E-state index is 0.00508. The van der Waals surface area contributed by atoms with E-state index < -0.39 is 0 Å². The predicted molar refractivity (Wildman–Crippen MR) is 110 cm³/mol. The normalized spacial score (nSPS) is 12.9. The summed E-state index contributed by atoms with van der Waals surface area (Å²) in [4.78, 5) is 27.8. The molecular weight excluding hydrogens is 372 g/mol. The molecule has 1 N–H and O–H groups in total. The number of benzene rings is 2. The van der Waals surface area contributed by atoms with Crippen molar-refractivity contribution in [1.82, 2.24) is 0 Å². The van der Waals surface area contributed by atoms with Crippen LogP contribution in [0.4, 0.5) is 11.4 Å². The van der Waals surface area contributed by atoms with Gasteiger partial charge in [-0.05, 0) is 47.7 Å². The molecule has 2 aromatic heterocycles. The van der Waals surface area contributed by atoms with Crippen LogP contribution in [0.2, 0.25) is 0 Å². The zero-order valence-electron chi connectivity index (χ0n) is 14.8. The van der Waals surface area contributed by atoms with Crippen molar-refractivity contribution >= 4 is 45.5 Å². The van der Waals surface area contributed by atoms with Crippen molar-refractivity contribution < 1.29 is 14.0 Å². The van der Waals surface area contributed by atoms with Crippen molar-refractivity contribution in [3.8, 4) is 0 Å². The van der Waals surface area contributed by atoms with E-state index in [2.05, 4.69) is 5.32 Å². The number of carbonyl (C=O) groups excluding carboxylic acids is 2. The molecule has 3 heterocycles. The predicted octanol–water partition coefficient (Wildman–Crippen LogP) is 4.95. The summed E-state index contributed by atoms with van der Waals surface area (Å²) in [6.45, 7) is 0.646. The van der Waals surface area contributed by atoms with Gasteiger partial charge in [-0.1, -0.05) is 30.3 Å². The second-order valence-electron chi connectivity index (χ2n) is 6.63. The number of hydrogen-bond donors (Lipinski definition) is 1. The maximum atomic E-state index is 12.8. The largest absolute Gasteiger partial charge is 0.451 e. The zero-order chi connectivity index (χ0) is 19.1. The van der Waals surface area contributed by atoms with Crippen LogP contribution in [0.15, 0.2) is 70.5 Å². The van der Waals surface area contributed by atoms with Gasteiger partial charge in [0.05, 0.1) is 4.88 Å². The highest BCUT2D eigenvalue weighted by Crippen LogP contribution is 2.33. The zero-order valence-corrected chi connectivity index (χ0v) is 15.7. The minimum atomic E-state index is -0.315. The Morgan fingerprint density at radius 1 is 1.04 bits per heavy atom. The summed E-state index contributed by atoms with van der Waals surface area (Å²) in [7, 11) is 0. The van der Waals surface area contributed by atoms with Gasteiger partial charge in [0.1, 0.15) is 5.58 Å². The van der Waals surface area contributed by atoms with Gasteiger partial charge in [-0.2, -0.15) is 0 Å². The number of furan rings is 1. The molecule has 0 fully saturated rings. The molecule has 1 aliphatic heterocycles. The Morgan fingerprint density at radius 2 is 1.93 bits per heavy atom. The van der Waals surface area contributed by atoms with Crippen LogP contribution in [0.25, 0.3) is 11.0 Å². The molecule has 4 aromatic rings. The molecular formula is C22H16N2O3S. The summed E-state index contributed by atoms with van der Waals surface area (Å²) in [5.41, 5.74) is 3.26. The second-order valence-corrected chi connectivity index (χ2v) is 7.58. The summed E-state index contributed by atoms with van der Waals surface area (Å²) in [5, 5.41) is 5.66. The number of anilines is 2. The molecule has 138 valence electrons. The van der Waals surface area contributed by atoms with Gasteiger partial charge in [0.15, 0.2) is 5.76 Å². The van der Waals surface area contributed by atoms with Gasteiger partial charge >= 0.3 is 0 Å². The molecule has 1 aliphatic rings. The monoisotopic (exact) mass is 388 g/mol. The highest BCUT2D eigenvalue weighted by Gasteiger charge is 2.26. The Balaban J connectivity index is 1.40. The molecule has 0 radical (unpaired) electrons. The number of amides is 2. The first-order chi connectivity index (χ1) is 13.7. The Morgan fingerprint density at radius 3 is 2.75 bits per heavy atom. The van der Waals surface area contributed by atoms with Gasteiger partial charge in [-0.15, -0.1) is 11.3 Å². The lowest BCUT2D eigenvalue weighted by Gasteiger charge is -2.17. The van der Waals surface area contributed by atoms with E-state index in [1.807, 2.05) is 60.0 Å². The smallest absolute Gasteiger partial charge is 0.291 e. The highest BCUT2D eigenvalue weighted by atomic mass is 32.1. The van der Waals surface area contributed by atoms with Gasteiger partial charge in [-0.25, -0.2) is 0 Å². The summed E-state index contributed by atoms with van der Waals surface area (Å²) in [6, 6.07) is 18.6. The van der Waals surface area contributed by atoms with Crippen molar-refractivity contribution in [1.29, 1.82) is 0 Å². The van der Waals surface area contributed by atoms with Crippen LogP contribution in [0, 0.1) is 0 Å². The molecule has 0 saturated heterocycles. The third kappa shape index (κ3) is 2.88. The molecule has 6 heteroatoms. The van der Waals surface area contributed by atoms with Gasteiger partial charge in [0.2, 0.25) is 0 Å². The average molecular weight is 388 g/mol. The number of nitrogens with one attached hydrogen (secondary N) is 1. The van der Waals surface area contributed by atoms with E-state index in [1.54, 1.807) is 11.0 Å². The molecule has 0 saturated carbocycles. The number of nitrogens with zero attached hydrogens (tertiary/aromatic N) is 1. The van der Waals surface area contributed by atoms with Gasteiger partial charge < -0.3 is 14.6 Å². The van der Waals surface area contributed by atoms with Crippen LogP contribution in [-0.4, -0.2) is 18.4 Å². The standard InChI is InChI=1S/C22H16N2O3S/c25-21(19-12-15-4-1-2-5-18(15)27-19)23-16-8-7-14-9-10-24(17(14)13-16)22(26)20-6-3-11-28-20/h1-8,11-13H,9-10H2,(H,23,25). The number of hydrogen-bond acceptors (Lipinski definition) is 4. The molecule has 0 atom stereocenters. The van der Waals surface area contributed by atoms with Crippen LogP contribution in [0.5, 0.6) is 0 Å². The van der Waals surface area contributed by atoms with Crippen molar-refractivity contribution in [2.24, 2.45) is 0 Å². The summed E-state index contributed by atoms with van der Waals surface area (Å²) >= 11 is 1.43. The molecule has 2 aromatic carbocycles. The van der Waals surface area contributed by atoms with E-state index in [0.717, 1.165) is 23.1 Å². The maximum Gasteiger partial charge on any atom is 0.291 e. The molecule has 0 bridgehead atoms. The van der Waals surface area contributed by atoms with E-state index in [9.17, 15) is 9.59 Å². The van der Waals surface area contributed by atoms with Crippen molar-refractivity contribution in [2.75, 3.05) is 16.8 Å². The van der Waals surface area contributed by atoms with Crippen LogP contribution in [0.1, 0.15) is 25.8 Å². The summed E-state index contributed by atoms with van der Waals surface area (Å²) < 4.78 is 5.63. The average Bonchev–Trinajstić information content (AvgIpc) is 3.45. The molecule has 28 heavy (non-hydrogen) atoms. The van der Waals surface area contributed by atoms with E-state index >= 15 is 0 Å². The molecule has 5 nitrogen and oxygen atoms in total. The van der Waals surface area contributed by atoms with E-state index in [0.29, 0.717) is 22.7 Å². The van der Waals surface area contributed by atoms with Crippen LogP contribution in [-0.2, 0) is 6.42 Å². The fraction of sp³-hybridized carbons (Fsp3) is 0.0909. The Kier molecular flexibility index (Phi) is 3.98. The van der Waals surface area contributed by atoms with Gasteiger partial charge in [0.25, 0.3) is 11.8 Å². The summed E-state index contributed by atoms with van der Waals surface area (Å²) in [6.07, 6.45) is 0.810. The van der Waals surface area contributed by atoms with Crippen molar-refractivity contribution in [3.63, 3.8) is 0 Å². The Hall–Kier alpha value is -3.38. The maximum absolute atomic E-state index is 12.8. The third-order valence-corrected chi connectivity index (χ3v) is 5.72. The second kappa shape index (κ2) is 6.65. The Bertz CT molecular complexity index is 1160. The lowest BCUT2D eigenvalue weighted by Crippen LogP contribution is -2.28. The van der Waals surface area contributed by atoms with E-state index in [1.165, 1.54) is 11.3 Å². The quantitative estimate of drug-likeness (QED) is 0.540. The lowest BCUT2D eigenvalue weighted by molar-refractivity contribution is 0.0988. The van der Waals surface area contributed by atoms with Crippen LogP contribution in [0.3, 0.4) is 0 Å². The molecule has 5 rings (SSSR count). The SMILES string of the molecule is O=C(Nc1ccc2c(c1)N(C(=O)c1cccs1)CC2)c1cc2ccccc2o1. The number of fused-ring (bicyclic) bond motifs is 2. The van der Waals surface area contributed by atoms with E-state index in [4.69, 9.17) is 4.42 Å². The fourth-order valence-electron chi connectivity index (χ4n) is 3.49. The molecule has 2 amide bonds. The first kappa shape index (κ1) is 16.8. The van der Waals surface area contributed by atoms with Gasteiger partial charge in [0, 0.05) is 23.3 Å². The fourth-order valence-corrected chi connectivity index (χ4v) is 4.16. The van der Waals surface area contributed by atoms with Crippen molar-refractivity contribution in [3.05, 3.63) is 82.2 Å². The molecule has 0 unspecified atom stereocenters. The molecule has 0 spiro atoms. The number of para-hydroxylation sites is 1. The van der Waals surface area contributed by atoms with Crippen LogP contribution < -0.4 is 10.2 Å². The highest BCUT2D eigenvalue weighted by molar-refractivity contribution is 7.12. The minimum Gasteiger partial charge on any atom is -0.451 e. The lowest BCUT2D eigenvalue weighted by atomic mass is 10.1. The van der Waals surface area contributed by atoms with Crippen LogP contribution >= 0.6 is 11.3 Å². The van der Waals surface area contributed by atoms with Gasteiger partial charge in [-0.3, -0.25) is 9.59 Å². The van der Waals surface area contributed by atoms with E-state index in [-0.39, 0.29) is 17.6 Å². The van der Waals surface area contributed by atoms with Crippen molar-refractivity contribution in [2.45, 2.75) is 6.42 Å². The number of carbonyl (C=O) groups is 2. The topological polar surface area (TPSA) is 62.6 Å². The number of rotatable bonds is 3. The first-order valence-corrected chi connectivity index (χ1v) is 9.85.